The van der Waals surface area contributed by atoms with Crippen molar-refractivity contribution in [3.05, 3.63) is 25.3 Å². The molecule has 0 spiro atoms. The van der Waals surface area contributed by atoms with E-state index in [2.05, 4.69) is 17.9 Å². The largest absolute Gasteiger partial charge is 0.463 e. The van der Waals surface area contributed by atoms with Gasteiger partial charge in [0, 0.05) is 6.42 Å². The molecule has 0 bridgehead atoms. The number of carbonyl (C=O) groups is 1. The second kappa shape index (κ2) is 22.7. The second-order valence-electron chi connectivity index (χ2n) is 2.11. The molecule has 84 valence electrons. The summed E-state index contributed by atoms with van der Waals surface area (Å²) >= 11 is 0. The first-order valence-corrected chi connectivity index (χ1v) is 4.55. The number of allylic oxidation sites excluding steroid dienone is 2. The lowest BCUT2D eigenvalue weighted by molar-refractivity contribution is -0.144. The van der Waals surface area contributed by atoms with Gasteiger partial charge in [-0.05, 0) is 13.8 Å². The summed E-state index contributed by atoms with van der Waals surface area (Å²) in [6.45, 7) is 12.2. The number of ether oxygens (including phenoxy) is 1. The topological polar surface area (TPSA) is 46.5 Å². The van der Waals surface area contributed by atoms with Crippen LogP contribution < -0.4 is 0 Å². The maximum absolute atomic E-state index is 10.2. The standard InChI is InChI=1S/C5H10O3.2C3H6/c1-2-5(7)8-4-3-6;2*1-3-2/h6H,2-4H2,1H3;2*3H,1H2,2H3. The van der Waals surface area contributed by atoms with Crippen molar-refractivity contribution >= 4 is 5.97 Å². The zero-order valence-electron chi connectivity index (χ0n) is 9.45. The summed E-state index contributed by atoms with van der Waals surface area (Å²) in [6, 6.07) is 0. The summed E-state index contributed by atoms with van der Waals surface area (Å²) in [6.07, 6.45) is 3.88. The van der Waals surface area contributed by atoms with Crippen LogP contribution in [0.25, 0.3) is 0 Å². The fourth-order valence-electron chi connectivity index (χ4n) is 0.262. The molecule has 0 aliphatic carbocycles. The van der Waals surface area contributed by atoms with Crippen LogP contribution in [-0.4, -0.2) is 24.3 Å². The average Bonchev–Trinajstić information content (AvgIpc) is 2.16. The average molecular weight is 202 g/mol. The smallest absolute Gasteiger partial charge is 0.305 e. The molecule has 0 unspecified atom stereocenters. The van der Waals surface area contributed by atoms with Crippen molar-refractivity contribution in [3.63, 3.8) is 0 Å². The third-order valence-corrected chi connectivity index (χ3v) is 0.643. The van der Waals surface area contributed by atoms with E-state index in [0.717, 1.165) is 0 Å². The molecule has 0 radical (unpaired) electrons. The highest BCUT2D eigenvalue weighted by Crippen LogP contribution is 1.81. The van der Waals surface area contributed by atoms with Crippen LogP contribution >= 0.6 is 0 Å². The van der Waals surface area contributed by atoms with Crippen LogP contribution in [0.4, 0.5) is 0 Å². The molecule has 1 N–H and O–H groups in total. The third-order valence-electron chi connectivity index (χ3n) is 0.643. The van der Waals surface area contributed by atoms with Gasteiger partial charge >= 0.3 is 5.97 Å². The van der Waals surface area contributed by atoms with Gasteiger partial charge in [0.15, 0.2) is 0 Å². The Bertz CT molecular complexity index is 124. The van der Waals surface area contributed by atoms with Gasteiger partial charge in [0.25, 0.3) is 0 Å². The minimum atomic E-state index is -0.265. The Labute approximate surface area is 87.1 Å². The Balaban J connectivity index is -0.000000168. The number of hydrogen-bond acceptors (Lipinski definition) is 3. The van der Waals surface area contributed by atoms with Crippen molar-refractivity contribution in [2.75, 3.05) is 13.2 Å². The van der Waals surface area contributed by atoms with E-state index in [0.29, 0.717) is 6.42 Å². The number of aliphatic hydroxyl groups excluding tert-OH is 1. The van der Waals surface area contributed by atoms with Gasteiger partial charge in [-0.1, -0.05) is 19.1 Å². The highest BCUT2D eigenvalue weighted by Gasteiger charge is 1.93. The van der Waals surface area contributed by atoms with Gasteiger partial charge in [-0.25, -0.2) is 0 Å². The van der Waals surface area contributed by atoms with Crippen LogP contribution in [0.15, 0.2) is 25.3 Å². The predicted molar refractivity (Wildman–Crippen MR) is 60.1 cm³/mol. The Morgan fingerprint density at radius 2 is 1.71 bits per heavy atom. The van der Waals surface area contributed by atoms with Crippen LogP contribution in [0.2, 0.25) is 0 Å². The van der Waals surface area contributed by atoms with E-state index >= 15 is 0 Å². The molecule has 0 saturated carbocycles. The van der Waals surface area contributed by atoms with Crippen LogP contribution in [0.5, 0.6) is 0 Å². The van der Waals surface area contributed by atoms with Gasteiger partial charge in [-0.3, -0.25) is 4.79 Å². The molecular formula is C11H22O3. The Kier molecular flexibility index (Phi) is 30.2. The lowest BCUT2D eigenvalue weighted by Gasteiger charge is -1.96. The molecule has 0 fully saturated rings. The van der Waals surface area contributed by atoms with E-state index < -0.39 is 0 Å². The van der Waals surface area contributed by atoms with E-state index in [-0.39, 0.29) is 19.2 Å². The molecule has 0 saturated heterocycles. The van der Waals surface area contributed by atoms with E-state index in [1.807, 2.05) is 13.8 Å². The minimum Gasteiger partial charge on any atom is -0.463 e. The monoisotopic (exact) mass is 202 g/mol. The summed E-state index contributed by atoms with van der Waals surface area (Å²) < 4.78 is 4.45. The quantitative estimate of drug-likeness (QED) is 0.564. The van der Waals surface area contributed by atoms with Gasteiger partial charge in [-0.15, -0.1) is 13.2 Å². The molecule has 0 heterocycles. The zero-order chi connectivity index (χ0) is 11.8. The summed E-state index contributed by atoms with van der Waals surface area (Å²) in [5, 5.41) is 8.13. The maximum atomic E-state index is 10.2. The van der Waals surface area contributed by atoms with Crippen molar-refractivity contribution in [3.8, 4) is 0 Å². The molecule has 0 aliphatic rings. The molecule has 0 amide bonds. The first-order valence-electron chi connectivity index (χ1n) is 4.55. The summed E-state index contributed by atoms with van der Waals surface area (Å²) in [5.41, 5.74) is 0. The number of hydrogen-bond donors (Lipinski definition) is 1. The van der Waals surface area contributed by atoms with Gasteiger partial charge in [0.1, 0.15) is 6.61 Å². The second-order valence-corrected chi connectivity index (χ2v) is 2.11. The first kappa shape index (κ1) is 18.6. The Hall–Kier alpha value is -1.09. The fraction of sp³-hybridized carbons (Fsp3) is 0.545. The lowest BCUT2D eigenvalue weighted by atomic mass is 10.5. The van der Waals surface area contributed by atoms with Gasteiger partial charge in [0.05, 0.1) is 6.61 Å². The molecule has 0 rings (SSSR count). The van der Waals surface area contributed by atoms with Crippen LogP contribution in [0, 0.1) is 0 Å². The van der Waals surface area contributed by atoms with Crippen LogP contribution in [-0.2, 0) is 9.53 Å². The Morgan fingerprint density at radius 3 is 1.93 bits per heavy atom. The van der Waals surface area contributed by atoms with E-state index in [9.17, 15) is 4.79 Å². The van der Waals surface area contributed by atoms with Crippen LogP contribution in [0.3, 0.4) is 0 Å². The number of carbonyl (C=O) groups excluding carboxylic acids is 1. The van der Waals surface area contributed by atoms with Gasteiger partial charge in [-0.2, -0.15) is 0 Å². The minimum absolute atomic E-state index is 0.0915. The first-order chi connectivity index (χ1) is 6.64. The number of esters is 1. The number of aliphatic hydroxyl groups is 1. The molecule has 0 atom stereocenters. The SMILES string of the molecule is C=CC.C=CC.CCC(=O)OCCO. The molecule has 3 nitrogen and oxygen atoms in total. The lowest BCUT2D eigenvalue weighted by Crippen LogP contribution is -2.06. The van der Waals surface area contributed by atoms with Crippen molar-refractivity contribution < 1.29 is 14.6 Å². The third kappa shape index (κ3) is 44.4. The van der Waals surface area contributed by atoms with E-state index in [4.69, 9.17) is 5.11 Å². The van der Waals surface area contributed by atoms with Gasteiger partial charge in [0.2, 0.25) is 0 Å². The molecule has 0 aliphatic heterocycles. The molecular weight excluding hydrogens is 180 g/mol. The number of rotatable bonds is 3. The molecule has 0 aromatic rings. The van der Waals surface area contributed by atoms with Crippen molar-refractivity contribution in [2.24, 2.45) is 0 Å². The maximum Gasteiger partial charge on any atom is 0.305 e. The fourth-order valence-corrected chi connectivity index (χ4v) is 0.262. The van der Waals surface area contributed by atoms with Crippen molar-refractivity contribution in [1.82, 2.24) is 0 Å². The van der Waals surface area contributed by atoms with Crippen molar-refractivity contribution in [2.45, 2.75) is 27.2 Å². The normalized spacial score (nSPS) is 6.86. The molecule has 3 heteroatoms. The summed E-state index contributed by atoms with van der Waals surface area (Å²) in [5.74, 6) is -0.265. The summed E-state index contributed by atoms with van der Waals surface area (Å²) in [4.78, 5) is 10.2. The van der Waals surface area contributed by atoms with Crippen molar-refractivity contribution in [1.29, 1.82) is 0 Å². The molecule has 0 aromatic carbocycles. The zero-order valence-corrected chi connectivity index (χ0v) is 9.45. The van der Waals surface area contributed by atoms with E-state index in [1.54, 1.807) is 19.1 Å². The predicted octanol–water partition coefficient (Wildman–Crippen LogP) is 2.32. The highest BCUT2D eigenvalue weighted by atomic mass is 16.5. The summed E-state index contributed by atoms with van der Waals surface area (Å²) in [7, 11) is 0. The molecule has 14 heavy (non-hydrogen) atoms. The van der Waals surface area contributed by atoms with Crippen LogP contribution in [0.1, 0.15) is 27.2 Å². The highest BCUT2D eigenvalue weighted by molar-refractivity contribution is 5.68. The van der Waals surface area contributed by atoms with E-state index in [1.165, 1.54) is 0 Å². The molecule has 0 aromatic heterocycles. The Morgan fingerprint density at radius 1 is 1.36 bits per heavy atom. The van der Waals surface area contributed by atoms with Gasteiger partial charge < -0.3 is 9.84 Å².